The third kappa shape index (κ3) is 4.89. The van der Waals surface area contributed by atoms with E-state index in [0.717, 1.165) is 18.5 Å². The minimum atomic E-state index is -2.30. The summed E-state index contributed by atoms with van der Waals surface area (Å²) < 4.78 is 20.9. The Morgan fingerprint density at radius 2 is 1.54 bits per heavy atom. The molecular formula is C7H20O4Si2. The van der Waals surface area contributed by atoms with Crippen molar-refractivity contribution >= 4 is 18.6 Å². The predicted octanol–water partition coefficient (Wildman–Crippen LogP) is 0.403. The Morgan fingerprint density at radius 1 is 1.00 bits per heavy atom. The van der Waals surface area contributed by atoms with Crippen LogP contribution in [0.25, 0.3) is 0 Å². The van der Waals surface area contributed by atoms with Crippen LogP contribution in [0.15, 0.2) is 0 Å². The molecule has 0 unspecified atom stereocenters. The zero-order chi connectivity index (χ0) is 10.2. The van der Waals surface area contributed by atoms with Crippen molar-refractivity contribution in [2.75, 3.05) is 28.4 Å². The molecule has 0 fully saturated rings. The quantitative estimate of drug-likeness (QED) is 0.442. The summed E-state index contributed by atoms with van der Waals surface area (Å²) in [5, 5.41) is 0. The van der Waals surface area contributed by atoms with Gasteiger partial charge in [0.1, 0.15) is 0 Å². The maximum Gasteiger partial charge on any atom is 0.500 e. The molecule has 0 bridgehead atoms. The molecule has 0 aliphatic carbocycles. The van der Waals surface area contributed by atoms with Crippen LogP contribution in [0.3, 0.4) is 0 Å². The van der Waals surface area contributed by atoms with Crippen molar-refractivity contribution < 1.29 is 17.7 Å². The summed E-state index contributed by atoms with van der Waals surface area (Å²) in [5.41, 5.74) is 0. The van der Waals surface area contributed by atoms with Gasteiger partial charge in [-0.1, -0.05) is 0 Å². The van der Waals surface area contributed by atoms with E-state index in [1.807, 2.05) is 0 Å². The number of hydrogen-bond acceptors (Lipinski definition) is 4. The topological polar surface area (TPSA) is 36.9 Å². The molecule has 0 atom stereocenters. The first-order valence-corrected chi connectivity index (χ1v) is 7.90. The second-order valence-electron chi connectivity index (χ2n) is 2.75. The molecule has 0 aromatic heterocycles. The first-order chi connectivity index (χ1) is 6.24. The van der Waals surface area contributed by atoms with Crippen LogP contribution in [0.5, 0.6) is 0 Å². The number of hydrogen-bond donors (Lipinski definition) is 0. The standard InChI is InChI=1S/C7H20O4Si2/c1-8-12-6-5-7-13(9-2,10-3)11-4/h5-7,12H2,1-4H3. The lowest BCUT2D eigenvalue weighted by atomic mass is 10.6. The first-order valence-electron chi connectivity index (χ1n) is 4.39. The highest BCUT2D eigenvalue weighted by Gasteiger charge is 2.36. The Balaban J connectivity index is 3.68. The SMILES string of the molecule is CO[SiH2]CCC[Si](OC)(OC)OC. The van der Waals surface area contributed by atoms with Crippen LogP contribution in [-0.2, 0) is 17.7 Å². The van der Waals surface area contributed by atoms with Crippen LogP contribution >= 0.6 is 0 Å². The van der Waals surface area contributed by atoms with Gasteiger partial charge in [0.15, 0.2) is 9.76 Å². The van der Waals surface area contributed by atoms with Gasteiger partial charge in [-0.15, -0.1) is 0 Å². The zero-order valence-electron chi connectivity index (χ0n) is 8.96. The van der Waals surface area contributed by atoms with Gasteiger partial charge in [0.05, 0.1) is 0 Å². The zero-order valence-corrected chi connectivity index (χ0v) is 11.4. The molecule has 6 heteroatoms. The van der Waals surface area contributed by atoms with Crippen molar-refractivity contribution in [1.82, 2.24) is 0 Å². The van der Waals surface area contributed by atoms with Gasteiger partial charge in [-0.05, 0) is 12.5 Å². The molecular weight excluding hydrogens is 204 g/mol. The highest BCUT2D eigenvalue weighted by atomic mass is 28.4. The first kappa shape index (κ1) is 13.3. The molecule has 0 spiro atoms. The summed E-state index contributed by atoms with van der Waals surface area (Å²) in [7, 11) is 4.09. The van der Waals surface area contributed by atoms with Gasteiger partial charge < -0.3 is 17.7 Å². The summed E-state index contributed by atoms with van der Waals surface area (Å²) in [6, 6.07) is 2.04. The van der Waals surface area contributed by atoms with Crippen LogP contribution in [0.2, 0.25) is 12.1 Å². The van der Waals surface area contributed by atoms with Crippen LogP contribution in [0.1, 0.15) is 6.42 Å². The van der Waals surface area contributed by atoms with Crippen molar-refractivity contribution in [3.63, 3.8) is 0 Å². The second kappa shape index (κ2) is 7.66. The largest absolute Gasteiger partial charge is 0.500 e. The van der Waals surface area contributed by atoms with Crippen LogP contribution < -0.4 is 0 Å². The van der Waals surface area contributed by atoms with Gasteiger partial charge in [-0.2, -0.15) is 0 Å². The van der Waals surface area contributed by atoms with E-state index in [2.05, 4.69) is 0 Å². The Hall–Kier alpha value is 0.274. The molecule has 0 heterocycles. The molecule has 0 aromatic rings. The van der Waals surface area contributed by atoms with E-state index in [9.17, 15) is 0 Å². The average molecular weight is 224 g/mol. The van der Waals surface area contributed by atoms with Gasteiger partial charge >= 0.3 is 8.80 Å². The fourth-order valence-electron chi connectivity index (χ4n) is 1.14. The van der Waals surface area contributed by atoms with Gasteiger partial charge in [0.2, 0.25) is 0 Å². The lowest BCUT2D eigenvalue weighted by Gasteiger charge is -2.24. The molecule has 0 N–H and O–H groups in total. The molecule has 80 valence electrons. The highest BCUT2D eigenvalue weighted by Crippen LogP contribution is 2.16. The molecule has 0 aliphatic heterocycles. The van der Waals surface area contributed by atoms with E-state index < -0.39 is 8.80 Å². The fraction of sp³-hybridized carbons (Fsp3) is 1.00. The molecule has 13 heavy (non-hydrogen) atoms. The van der Waals surface area contributed by atoms with Crippen molar-refractivity contribution in [2.45, 2.75) is 18.5 Å². The smallest absolute Gasteiger partial charge is 0.427 e. The molecule has 0 saturated carbocycles. The van der Waals surface area contributed by atoms with Crippen LogP contribution in [0.4, 0.5) is 0 Å². The van der Waals surface area contributed by atoms with E-state index in [-0.39, 0.29) is 9.76 Å². The summed E-state index contributed by atoms with van der Waals surface area (Å²) in [4.78, 5) is 0. The van der Waals surface area contributed by atoms with Crippen molar-refractivity contribution in [3.05, 3.63) is 0 Å². The lowest BCUT2D eigenvalue weighted by molar-refractivity contribution is 0.123. The molecule has 0 amide bonds. The lowest BCUT2D eigenvalue weighted by Crippen LogP contribution is -2.42. The fourth-order valence-corrected chi connectivity index (χ4v) is 4.18. The predicted molar refractivity (Wildman–Crippen MR) is 56.6 cm³/mol. The monoisotopic (exact) mass is 224 g/mol. The van der Waals surface area contributed by atoms with Crippen LogP contribution in [0, 0.1) is 0 Å². The summed E-state index contributed by atoms with van der Waals surface area (Å²) in [6.07, 6.45) is 1.07. The maximum absolute atomic E-state index is 5.29. The van der Waals surface area contributed by atoms with Gasteiger partial charge in [0.25, 0.3) is 0 Å². The minimum Gasteiger partial charge on any atom is -0.427 e. The third-order valence-electron chi connectivity index (χ3n) is 2.01. The minimum absolute atomic E-state index is 0.315. The average Bonchev–Trinajstić information content (AvgIpc) is 2.20. The second-order valence-corrected chi connectivity index (χ2v) is 7.53. The van der Waals surface area contributed by atoms with E-state index in [4.69, 9.17) is 17.7 Å². The summed E-state index contributed by atoms with van der Waals surface area (Å²) in [6.45, 7) is 0. The Morgan fingerprint density at radius 3 is 1.92 bits per heavy atom. The molecule has 0 aromatic carbocycles. The van der Waals surface area contributed by atoms with E-state index >= 15 is 0 Å². The Bertz CT molecular complexity index is 111. The summed E-state index contributed by atoms with van der Waals surface area (Å²) >= 11 is 0. The molecule has 0 aliphatic rings. The highest BCUT2D eigenvalue weighted by molar-refractivity contribution is 6.60. The Kier molecular flexibility index (Phi) is 7.82. The van der Waals surface area contributed by atoms with Gasteiger partial charge in [-0.3, -0.25) is 0 Å². The van der Waals surface area contributed by atoms with Crippen molar-refractivity contribution in [2.24, 2.45) is 0 Å². The Labute approximate surface area is 83.8 Å². The van der Waals surface area contributed by atoms with Crippen molar-refractivity contribution in [3.8, 4) is 0 Å². The summed E-state index contributed by atoms with van der Waals surface area (Å²) in [5.74, 6) is 0. The van der Waals surface area contributed by atoms with Crippen molar-refractivity contribution in [1.29, 1.82) is 0 Å². The van der Waals surface area contributed by atoms with E-state index in [1.54, 1.807) is 28.4 Å². The normalized spacial score (nSPS) is 12.9. The van der Waals surface area contributed by atoms with E-state index in [0.29, 0.717) is 0 Å². The van der Waals surface area contributed by atoms with Gasteiger partial charge in [0, 0.05) is 34.5 Å². The third-order valence-corrected chi connectivity index (χ3v) is 6.04. The van der Waals surface area contributed by atoms with E-state index in [1.165, 1.54) is 0 Å². The maximum atomic E-state index is 5.29. The van der Waals surface area contributed by atoms with Gasteiger partial charge in [-0.25, -0.2) is 0 Å². The molecule has 0 saturated heterocycles. The van der Waals surface area contributed by atoms with Crippen LogP contribution in [-0.4, -0.2) is 47.0 Å². The molecule has 0 rings (SSSR count). The molecule has 0 radical (unpaired) electrons. The number of rotatable bonds is 8. The molecule has 4 nitrogen and oxygen atoms in total.